The number of hydrogen-bond acceptors (Lipinski definition) is 1. The Hall–Kier alpha value is -1.28. The first-order valence-corrected chi connectivity index (χ1v) is 4.14. The van der Waals surface area contributed by atoms with E-state index >= 15 is 0 Å². The van der Waals surface area contributed by atoms with Gasteiger partial charge in [-0.25, -0.2) is 4.79 Å². The molecular formula is C10H9ClO2. The molecule has 0 saturated carbocycles. The van der Waals surface area contributed by atoms with Gasteiger partial charge in [-0.2, -0.15) is 0 Å². The Bertz CT molecular complexity index is 338. The third kappa shape index (κ3) is 2.92. The van der Waals surface area contributed by atoms with E-state index in [-0.39, 0.29) is 5.03 Å². The highest BCUT2D eigenvalue weighted by atomic mass is 35.5. The van der Waals surface area contributed by atoms with Crippen molar-refractivity contribution in [3.8, 4) is 0 Å². The number of aliphatic carboxylic acids is 1. The molecule has 0 fully saturated rings. The van der Waals surface area contributed by atoms with Gasteiger partial charge >= 0.3 is 5.97 Å². The van der Waals surface area contributed by atoms with Crippen molar-refractivity contribution in [2.45, 2.75) is 6.92 Å². The van der Waals surface area contributed by atoms with Crippen LogP contribution in [0.4, 0.5) is 0 Å². The minimum atomic E-state index is -1.11. The lowest BCUT2D eigenvalue weighted by Crippen LogP contribution is -1.92. The minimum Gasteiger partial charge on any atom is -0.477 e. The molecule has 0 spiro atoms. The van der Waals surface area contributed by atoms with Crippen LogP contribution in [0.15, 0.2) is 29.3 Å². The maximum Gasteiger partial charge on any atom is 0.347 e. The monoisotopic (exact) mass is 196 g/mol. The van der Waals surface area contributed by atoms with Crippen LogP contribution in [0.1, 0.15) is 11.1 Å². The van der Waals surface area contributed by atoms with Crippen LogP contribution in [0.2, 0.25) is 0 Å². The van der Waals surface area contributed by atoms with Crippen LogP contribution < -0.4 is 0 Å². The molecule has 13 heavy (non-hydrogen) atoms. The zero-order chi connectivity index (χ0) is 9.84. The highest BCUT2D eigenvalue weighted by Gasteiger charge is 2.01. The quantitative estimate of drug-likeness (QED) is 0.739. The summed E-state index contributed by atoms with van der Waals surface area (Å²) in [6.07, 6.45) is 1.42. The van der Waals surface area contributed by atoms with Gasteiger partial charge in [0.15, 0.2) is 0 Å². The fourth-order valence-electron chi connectivity index (χ4n) is 0.871. The minimum absolute atomic E-state index is 0.177. The summed E-state index contributed by atoms with van der Waals surface area (Å²) in [4.78, 5) is 10.4. The highest BCUT2D eigenvalue weighted by Crippen LogP contribution is 2.11. The molecule has 1 aromatic rings. The summed E-state index contributed by atoms with van der Waals surface area (Å²) in [5.74, 6) is -1.11. The van der Waals surface area contributed by atoms with E-state index in [1.54, 1.807) is 0 Å². The molecule has 0 bridgehead atoms. The molecule has 0 aliphatic carbocycles. The number of halogens is 1. The number of aryl methyl sites for hydroxylation is 1. The molecule has 0 aromatic heterocycles. The summed E-state index contributed by atoms with van der Waals surface area (Å²) >= 11 is 5.45. The van der Waals surface area contributed by atoms with Crippen molar-refractivity contribution in [3.05, 3.63) is 40.4 Å². The van der Waals surface area contributed by atoms with E-state index in [0.29, 0.717) is 0 Å². The summed E-state index contributed by atoms with van der Waals surface area (Å²) < 4.78 is 0. The number of rotatable bonds is 2. The molecule has 0 radical (unpaired) electrons. The van der Waals surface area contributed by atoms with Gasteiger partial charge in [-0.1, -0.05) is 41.4 Å². The third-order valence-electron chi connectivity index (χ3n) is 1.58. The van der Waals surface area contributed by atoms with Gasteiger partial charge in [-0.05, 0) is 18.6 Å². The first-order valence-electron chi connectivity index (χ1n) is 3.77. The average molecular weight is 197 g/mol. The predicted molar refractivity (Wildman–Crippen MR) is 52.6 cm³/mol. The Labute approximate surface area is 81.5 Å². The molecule has 68 valence electrons. The number of carbonyl (C=O) groups is 1. The molecule has 0 unspecified atom stereocenters. The van der Waals surface area contributed by atoms with Crippen molar-refractivity contribution in [3.63, 3.8) is 0 Å². The molecule has 0 aliphatic rings. The zero-order valence-corrected chi connectivity index (χ0v) is 7.88. The zero-order valence-electron chi connectivity index (χ0n) is 7.12. The van der Waals surface area contributed by atoms with E-state index in [9.17, 15) is 4.79 Å². The van der Waals surface area contributed by atoms with Gasteiger partial charge in [0.1, 0.15) is 5.03 Å². The van der Waals surface area contributed by atoms with E-state index in [1.165, 1.54) is 6.08 Å². The van der Waals surface area contributed by atoms with Crippen LogP contribution in [0.5, 0.6) is 0 Å². The van der Waals surface area contributed by atoms with Crippen molar-refractivity contribution < 1.29 is 9.90 Å². The Balaban J connectivity index is 2.92. The second-order valence-electron chi connectivity index (χ2n) is 2.71. The predicted octanol–water partition coefficient (Wildman–Crippen LogP) is 2.66. The Kier molecular flexibility index (Phi) is 3.09. The van der Waals surface area contributed by atoms with Gasteiger partial charge in [-0.3, -0.25) is 0 Å². The van der Waals surface area contributed by atoms with E-state index in [2.05, 4.69) is 0 Å². The fraction of sp³-hybridized carbons (Fsp3) is 0.100. The normalized spacial score (nSPS) is 11.4. The van der Waals surface area contributed by atoms with Crippen molar-refractivity contribution in [1.29, 1.82) is 0 Å². The van der Waals surface area contributed by atoms with E-state index in [4.69, 9.17) is 16.7 Å². The molecule has 0 saturated heterocycles. The maximum atomic E-state index is 10.4. The lowest BCUT2D eigenvalue weighted by molar-refractivity contribution is -0.131. The maximum absolute atomic E-state index is 10.4. The molecule has 1 aromatic carbocycles. The average Bonchev–Trinajstić information content (AvgIpc) is 2.08. The molecule has 0 aliphatic heterocycles. The van der Waals surface area contributed by atoms with Crippen molar-refractivity contribution in [2.24, 2.45) is 0 Å². The molecule has 1 N–H and O–H groups in total. The first-order chi connectivity index (χ1) is 6.09. The summed E-state index contributed by atoms with van der Waals surface area (Å²) in [5, 5.41) is 8.32. The largest absolute Gasteiger partial charge is 0.477 e. The fourth-order valence-corrected chi connectivity index (χ4v) is 0.997. The number of benzene rings is 1. The molecule has 0 amide bonds. The topological polar surface area (TPSA) is 37.3 Å². The van der Waals surface area contributed by atoms with Crippen molar-refractivity contribution in [2.75, 3.05) is 0 Å². The van der Waals surface area contributed by atoms with Crippen LogP contribution >= 0.6 is 11.6 Å². The number of carboxylic acid groups (broad SMARTS) is 1. The standard InChI is InChI=1S/C10H9ClO2/c1-7-2-4-8(5-3-7)6-9(11)10(12)13/h2-6H,1H3,(H,12,13)/b9-6+. The van der Waals surface area contributed by atoms with E-state index < -0.39 is 5.97 Å². The Morgan fingerprint density at radius 3 is 2.38 bits per heavy atom. The Morgan fingerprint density at radius 2 is 1.92 bits per heavy atom. The number of hydrogen-bond donors (Lipinski definition) is 1. The third-order valence-corrected chi connectivity index (χ3v) is 1.85. The van der Waals surface area contributed by atoms with Crippen molar-refractivity contribution >= 4 is 23.6 Å². The van der Waals surface area contributed by atoms with Gasteiger partial charge in [-0.15, -0.1) is 0 Å². The van der Waals surface area contributed by atoms with Crippen LogP contribution in [0, 0.1) is 6.92 Å². The summed E-state index contributed by atoms with van der Waals surface area (Å²) in [5.41, 5.74) is 1.92. The van der Waals surface area contributed by atoms with Crippen molar-refractivity contribution in [1.82, 2.24) is 0 Å². The summed E-state index contributed by atoms with van der Waals surface area (Å²) in [7, 11) is 0. The molecule has 3 heteroatoms. The van der Waals surface area contributed by atoms with Crippen LogP contribution in [-0.2, 0) is 4.79 Å². The van der Waals surface area contributed by atoms with Gasteiger partial charge in [0, 0.05) is 0 Å². The van der Waals surface area contributed by atoms with E-state index in [0.717, 1.165) is 11.1 Å². The Morgan fingerprint density at radius 1 is 1.38 bits per heavy atom. The first kappa shape index (κ1) is 9.81. The van der Waals surface area contributed by atoms with Crippen LogP contribution in [0.3, 0.4) is 0 Å². The molecule has 0 atom stereocenters. The van der Waals surface area contributed by atoms with Crippen LogP contribution in [0.25, 0.3) is 6.08 Å². The smallest absolute Gasteiger partial charge is 0.347 e. The van der Waals surface area contributed by atoms with Gasteiger partial charge in [0.05, 0.1) is 0 Å². The summed E-state index contributed by atoms with van der Waals surface area (Å²) in [6, 6.07) is 7.44. The van der Waals surface area contributed by atoms with Crippen LogP contribution in [-0.4, -0.2) is 11.1 Å². The van der Waals surface area contributed by atoms with Gasteiger partial charge in [0.2, 0.25) is 0 Å². The lowest BCUT2D eigenvalue weighted by Gasteiger charge is -1.95. The van der Waals surface area contributed by atoms with E-state index in [1.807, 2.05) is 31.2 Å². The molecule has 1 rings (SSSR count). The number of carboxylic acids is 1. The second kappa shape index (κ2) is 4.10. The van der Waals surface area contributed by atoms with Gasteiger partial charge < -0.3 is 5.11 Å². The molecular weight excluding hydrogens is 188 g/mol. The SMILES string of the molecule is Cc1ccc(/C=C(/Cl)C(=O)O)cc1. The summed E-state index contributed by atoms with van der Waals surface area (Å²) in [6.45, 7) is 1.96. The molecule has 2 nitrogen and oxygen atoms in total. The molecule has 0 heterocycles. The highest BCUT2D eigenvalue weighted by molar-refractivity contribution is 6.42. The second-order valence-corrected chi connectivity index (χ2v) is 3.12. The lowest BCUT2D eigenvalue weighted by atomic mass is 10.1. The van der Waals surface area contributed by atoms with Gasteiger partial charge in [0.25, 0.3) is 0 Å².